The highest BCUT2D eigenvalue weighted by Gasteiger charge is 2.58. The Morgan fingerprint density at radius 3 is 1.39 bits per heavy atom. The summed E-state index contributed by atoms with van der Waals surface area (Å²) in [6.07, 6.45) is 7.70. The molecule has 0 saturated heterocycles. The van der Waals surface area contributed by atoms with Gasteiger partial charge < -0.3 is 4.57 Å². The average Bonchev–Trinajstić information content (AvgIpc) is 3.58. The number of hydrogen-bond donors (Lipinski definition) is 0. The van der Waals surface area contributed by atoms with E-state index in [-0.39, 0.29) is 17.5 Å². The molecule has 1 aliphatic heterocycles. The number of hydrogen-bond acceptors (Lipinski definition) is 1. The van der Waals surface area contributed by atoms with Crippen LogP contribution in [0.3, 0.4) is 0 Å². The van der Waals surface area contributed by atoms with Crippen molar-refractivity contribution in [3.05, 3.63) is 214 Å². The van der Waals surface area contributed by atoms with Gasteiger partial charge in [0.25, 0.3) is 0 Å². The van der Waals surface area contributed by atoms with Crippen LogP contribution in [-0.4, -0.2) is 6.71 Å². The first-order valence-electron chi connectivity index (χ1n) is 24.8. The van der Waals surface area contributed by atoms with Gasteiger partial charge in [-0.15, -0.1) is 0 Å². The lowest BCUT2D eigenvalue weighted by molar-refractivity contribution is -0.0281. The molecule has 0 amide bonds. The van der Waals surface area contributed by atoms with E-state index in [4.69, 9.17) is 0 Å². The van der Waals surface area contributed by atoms with E-state index in [2.05, 4.69) is 199 Å². The zero-order valence-corrected chi connectivity index (χ0v) is 40.9. The molecule has 3 heteroatoms. The Kier molecular flexibility index (Phi) is 10.0. The summed E-state index contributed by atoms with van der Waals surface area (Å²) in [5.41, 5.74) is 22.8. The van der Waals surface area contributed by atoms with Crippen molar-refractivity contribution in [2.24, 2.45) is 11.8 Å². The van der Waals surface area contributed by atoms with E-state index in [1.165, 1.54) is 122 Å². The highest BCUT2D eigenvalue weighted by Crippen LogP contribution is 2.66. The van der Waals surface area contributed by atoms with E-state index in [1.807, 2.05) is 12.1 Å². The van der Waals surface area contributed by atoms with Crippen molar-refractivity contribution in [2.75, 3.05) is 0 Å². The molecule has 4 fully saturated rings. The molecule has 330 valence electrons. The Balaban J connectivity index is 0.841. The fourth-order valence-corrected chi connectivity index (χ4v) is 17.9. The zero-order chi connectivity index (χ0) is 45.8. The van der Waals surface area contributed by atoms with Crippen LogP contribution in [0.15, 0.2) is 170 Å². The van der Waals surface area contributed by atoms with Gasteiger partial charge in [0.2, 0.25) is 6.71 Å². The smallest absolute Gasteiger partial charge is 0.242 e. The van der Waals surface area contributed by atoms with Crippen LogP contribution in [-0.2, 0) is 15.4 Å². The van der Waals surface area contributed by atoms with Crippen molar-refractivity contribution in [1.82, 2.24) is 0 Å². The predicted octanol–water partition coefficient (Wildman–Crippen LogP) is 12.8. The summed E-state index contributed by atoms with van der Waals surface area (Å²) in [5, 5.41) is 2.93. The molecule has 4 aliphatic carbocycles. The van der Waals surface area contributed by atoms with E-state index in [9.17, 15) is 0 Å². The third-order valence-corrected chi connectivity index (χ3v) is 20.1. The van der Waals surface area contributed by atoms with Crippen molar-refractivity contribution < 1.29 is 4.57 Å². The monoisotopic (exact) mass is 886 g/mol. The van der Waals surface area contributed by atoms with E-state index in [0.29, 0.717) is 0 Å². The number of fused-ring (bicyclic) bond motifs is 3. The molecule has 0 radical (unpaired) electrons. The summed E-state index contributed by atoms with van der Waals surface area (Å²) in [4.78, 5) is 0. The van der Waals surface area contributed by atoms with Gasteiger partial charge >= 0.3 is 0 Å². The number of benzene rings is 8. The van der Waals surface area contributed by atoms with Gasteiger partial charge in [0.15, 0.2) is 7.14 Å². The molecule has 4 bridgehead atoms. The molecular weight excluding hydrogens is 826 g/mol. The Morgan fingerprint density at radius 2 is 0.881 bits per heavy atom. The molecule has 2 atom stereocenters. The molecule has 0 N–H and O–H groups in total. The molecule has 2 unspecified atom stereocenters. The largest absolute Gasteiger partial charge is 0.309 e. The van der Waals surface area contributed by atoms with Gasteiger partial charge in [0.1, 0.15) is 0 Å². The van der Waals surface area contributed by atoms with Gasteiger partial charge in [-0.05, 0) is 153 Å². The fraction of sp³-hybridized carbons (Fsp3) is 0.250. The maximum absolute atomic E-state index is 15.3. The van der Waals surface area contributed by atoms with Crippen molar-refractivity contribution in [3.8, 4) is 33.4 Å². The van der Waals surface area contributed by atoms with Crippen LogP contribution in [0.2, 0.25) is 0 Å². The number of aryl methyl sites for hydroxylation is 6. The van der Waals surface area contributed by atoms with Gasteiger partial charge in [-0.2, -0.15) is 0 Å². The van der Waals surface area contributed by atoms with Crippen LogP contribution < -0.4 is 32.3 Å². The topological polar surface area (TPSA) is 17.1 Å². The first-order valence-corrected chi connectivity index (χ1v) is 26.5. The average molecular weight is 887 g/mol. The fourth-order valence-electron chi connectivity index (χ4n) is 14.9. The minimum atomic E-state index is -2.95. The summed E-state index contributed by atoms with van der Waals surface area (Å²) in [5.74, 6) is 1.49. The summed E-state index contributed by atoms with van der Waals surface area (Å²) in [6.45, 7) is 13.7. The second kappa shape index (κ2) is 15.8. The summed E-state index contributed by atoms with van der Waals surface area (Å²) >= 11 is 0. The molecule has 0 aromatic heterocycles. The lowest BCUT2D eigenvalue weighted by Gasteiger charge is -2.63. The summed E-state index contributed by atoms with van der Waals surface area (Å²) in [7, 11) is -2.95. The Hall–Kier alpha value is -5.95. The van der Waals surface area contributed by atoms with Crippen LogP contribution in [0, 0.1) is 53.4 Å². The van der Waals surface area contributed by atoms with Crippen molar-refractivity contribution >= 4 is 46.2 Å². The second-order valence-corrected chi connectivity index (χ2v) is 24.3. The standard InChI is InChI=1S/C64H60BOP/c1-41-29-43(3)61(44(4)30-41)65(62-45(5)31-42(2)32-46(62)6)55-16-12-15-52(35-55)51-14-11-13-50(34-51)49-21-23-53(24-22-49)63-36-47-33-48(37-63)39-64(38-47,40-63)54-25-27-56(28-26-54)67(66)59-19-9-7-17-57(59)58-18-8-10-20-60(58)67/h7-32,34-35,47-48H,33,36-40H2,1-6H3. The van der Waals surface area contributed by atoms with E-state index in [0.717, 1.165) is 38.9 Å². The molecule has 5 aliphatic rings. The summed E-state index contributed by atoms with van der Waals surface area (Å²) in [6, 6.07) is 63.6. The van der Waals surface area contributed by atoms with Crippen LogP contribution >= 0.6 is 7.14 Å². The highest BCUT2D eigenvalue weighted by atomic mass is 31.2. The second-order valence-electron chi connectivity index (χ2n) is 21.6. The quantitative estimate of drug-likeness (QED) is 0.110. The predicted molar refractivity (Wildman–Crippen MR) is 286 cm³/mol. The molecule has 4 saturated carbocycles. The summed E-state index contributed by atoms with van der Waals surface area (Å²) < 4.78 is 15.3. The van der Waals surface area contributed by atoms with Gasteiger partial charge in [-0.1, -0.05) is 214 Å². The van der Waals surface area contributed by atoms with E-state index < -0.39 is 7.14 Å². The third kappa shape index (κ3) is 6.84. The zero-order valence-electron chi connectivity index (χ0n) is 40.0. The Labute approximate surface area is 399 Å². The molecule has 8 aromatic rings. The van der Waals surface area contributed by atoms with Crippen LogP contribution in [0.4, 0.5) is 0 Å². The Bertz CT molecular complexity index is 3150. The van der Waals surface area contributed by atoms with Crippen molar-refractivity contribution in [1.29, 1.82) is 0 Å². The van der Waals surface area contributed by atoms with Crippen LogP contribution in [0.5, 0.6) is 0 Å². The van der Waals surface area contributed by atoms with Gasteiger partial charge in [-0.3, -0.25) is 0 Å². The highest BCUT2D eigenvalue weighted by molar-refractivity contribution is 7.86. The lowest BCUT2D eigenvalue weighted by Crippen LogP contribution is -2.55. The number of rotatable bonds is 8. The molecule has 13 rings (SSSR count). The normalized spacial score (nSPS) is 21.8. The molecule has 67 heavy (non-hydrogen) atoms. The van der Waals surface area contributed by atoms with E-state index >= 15 is 4.57 Å². The van der Waals surface area contributed by atoms with E-state index in [1.54, 1.807) is 0 Å². The maximum atomic E-state index is 15.3. The molecule has 1 nitrogen and oxygen atoms in total. The molecule has 8 aromatic carbocycles. The molecule has 1 heterocycles. The SMILES string of the molecule is Cc1cc(C)c(B(c2cccc(-c3cccc(-c4ccc(C56CC7CC(C5)CC(c5ccc(P8(=O)c9ccccc9-c9ccccc98)cc5)(C7)C6)cc4)c3)c2)c2c(C)cc(C)cc2C)c(C)c1. The minimum absolute atomic E-state index is 0.138. The van der Waals surface area contributed by atoms with Gasteiger partial charge in [0.05, 0.1) is 0 Å². The third-order valence-electron chi connectivity index (χ3n) is 17.0. The lowest BCUT2D eigenvalue weighted by atomic mass is 9.34. The molecule has 0 spiro atoms. The molecular formula is C64H60BOP. The van der Waals surface area contributed by atoms with Gasteiger partial charge in [-0.25, -0.2) is 0 Å². The first kappa shape index (κ1) is 42.4. The van der Waals surface area contributed by atoms with Crippen LogP contribution in [0.25, 0.3) is 33.4 Å². The van der Waals surface area contributed by atoms with Crippen molar-refractivity contribution in [3.63, 3.8) is 0 Å². The minimum Gasteiger partial charge on any atom is -0.309 e. The first-order chi connectivity index (χ1) is 32.4. The van der Waals surface area contributed by atoms with Gasteiger partial charge in [0, 0.05) is 15.9 Å². The Morgan fingerprint density at radius 1 is 0.448 bits per heavy atom. The van der Waals surface area contributed by atoms with Crippen molar-refractivity contribution in [2.45, 2.75) is 90.9 Å². The van der Waals surface area contributed by atoms with Crippen LogP contribution in [0.1, 0.15) is 83.0 Å². The maximum Gasteiger partial charge on any atom is 0.242 e.